The van der Waals surface area contributed by atoms with Gasteiger partial charge in [0.05, 0.1) is 0 Å². The van der Waals surface area contributed by atoms with Crippen molar-refractivity contribution in [2.45, 2.75) is 95.6 Å². The standard InChI is InChI=1S/4C4H9.2Bi.O/c4*1-3-4-2;;;/h4*1,3-4H2,2H3;;;. The van der Waals surface area contributed by atoms with Crippen molar-refractivity contribution in [1.82, 2.24) is 0 Å². The van der Waals surface area contributed by atoms with Gasteiger partial charge in [0.2, 0.25) is 0 Å². The summed E-state index contributed by atoms with van der Waals surface area (Å²) in [6.07, 6.45) is 11.2. The molecule has 1 nitrogen and oxygen atoms in total. The van der Waals surface area contributed by atoms with E-state index in [0.717, 1.165) is 0 Å². The molecule has 0 aromatic rings. The molecular formula is C16H36Bi2O. The van der Waals surface area contributed by atoms with Gasteiger partial charge < -0.3 is 0 Å². The van der Waals surface area contributed by atoms with Crippen LogP contribution in [0.5, 0.6) is 0 Å². The van der Waals surface area contributed by atoms with Gasteiger partial charge in [0.1, 0.15) is 0 Å². The average molecular weight is 662 g/mol. The van der Waals surface area contributed by atoms with E-state index in [1.54, 1.807) is 0 Å². The van der Waals surface area contributed by atoms with Crippen molar-refractivity contribution < 1.29 is 0.889 Å². The summed E-state index contributed by atoms with van der Waals surface area (Å²) in [5.74, 6) is 0. The summed E-state index contributed by atoms with van der Waals surface area (Å²) >= 11 is -2.99. The van der Waals surface area contributed by atoms with Crippen molar-refractivity contribution in [3.8, 4) is 0 Å². The Balaban J connectivity index is 4.16. The fourth-order valence-corrected chi connectivity index (χ4v) is 38.8. The van der Waals surface area contributed by atoms with Gasteiger partial charge in [-0.05, 0) is 0 Å². The zero-order valence-electron chi connectivity index (χ0n) is 13.8. The summed E-state index contributed by atoms with van der Waals surface area (Å²) in [5.41, 5.74) is 0. The van der Waals surface area contributed by atoms with Gasteiger partial charge in [0, 0.05) is 0 Å². The van der Waals surface area contributed by atoms with Crippen LogP contribution in [0.4, 0.5) is 0 Å². The first kappa shape index (κ1) is 20.7. The minimum absolute atomic E-state index is 1.37. The monoisotopic (exact) mass is 662 g/mol. The van der Waals surface area contributed by atoms with Gasteiger partial charge in [-0.15, -0.1) is 0 Å². The molecule has 0 radical (unpaired) electrons. The van der Waals surface area contributed by atoms with Crippen LogP contribution in [0.2, 0.25) is 16.5 Å². The van der Waals surface area contributed by atoms with E-state index in [1.165, 1.54) is 67.9 Å². The van der Waals surface area contributed by atoms with Crippen LogP contribution in [-0.4, -0.2) is 44.4 Å². The average Bonchev–Trinajstić information content (AvgIpc) is 2.44. The first-order valence-corrected chi connectivity index (χ1v) is 21.1. The van der Waals surface area contributed by atoms with E-state index in [2.05, 4.69) is 27.7 Å². The van der Waals surface area contributed by atoms with E-state index in [4.69, 9.17) is 0.889 Å². The van der Waals surface area contributed by atoms with Gasteiger partial charge in [-0.25, -0.2) is 0 Å². The van der Waals surface area contributed by atoms with E-state index < -0.39 is 44.4 Å². The molecule has 0 heterocycles. The molecule has 0 amide bonds. The van der Waals surface area contributed by atoms with Crippen LogP contribution < -0.4 is 0 Å². The molecule has 0 bridgehead atoms. The zero-order chi connectivity index (χ0) is 14.3. The van der Waals surface area contributed by atoms with E-state index in [1.807, 2.05) is 0 Å². The van der Waals surface area contributed by atoms with Crippen molar-refractivity contribution in [1.29, 1.82) is 0 Å². The van der Waals surface area contributed by atoms with Crippen LogP contribution in [-0.2, 0) is 0.889 Å². The molecule has 0 fully saturated rings. The Bertz CT molecular complexity index is 142. The Morgan fingerprint density at radius 2 is 0.789 bits per heavy atom. The Morgan fingerprint density at radius 3 is 1.00 bits per heavy atom. The maximum atomic E-state index is 6.87. The third-order valence-electron chi connectivity index (χ3n) is 3.28. The van der Waals surface area contributed by atoms with Gasteiger partial charge in [-0.1, -0.05) is 0 Å². The predicted octanol–water partition coefficient (Wildman–Crippen LogP) is 6.19. The van der Waals surface area contributed by atoms with Crippen LogP contribution in [0.1, 0.15) is 79.1 Å². The molecule has 0 saturated carbocycles. The van der Waals surface area contributed by atoms with Crippen molar-refractivity contribution in [2.24, 2.45) is 0 Å². The normalized spacial score (nSPS) is 11.7. The van der Waals surface area contributed by atoms with Gasteiger partial charge in [-0.3, -0.25) is 0 Å². The second kappa shape index (κ2) is 16.1. The third kappa shape index (κ3) is 13.1. The van der Waals surface area contributed by atoms with Gasteiger partial charge in [0.25, 0.3) is 0 Å². The van der Waals surface area contributed by atoms with Gasteiger partial charge in [-0.2, -0.15) is 0 Å². The van der Waals surface area contributed by atoms with Crippen molar-refractivity contribution in [3.05, 3.63) is 0 Å². The molecule has 116 valence electrons. The minimum atomic E-state index is -1.49. The fourth-order valence-electron chi connectivity index (χ4n) is 1.89. The number of unbranched alkanes of at least 4 members (excludes halogenated alkanes) is 4. The molecule has 0 spiro atoms. The molecule has 3 heteroatoms. The van der Waals surface area contributed by atoms with E-state index in [0.29, 0.717) is 0 Å². The molecule has 0 unspecified atom stereocenters. The molecule has 0 N–H and O–H groups in total. The van der Waals surface area contributed by atoms with E-state index in [-0.39, 0.29) is 0 Å². The van der Waals surface area contributed by atoms with Gasteiger partial charge in [0.15, 0.2) is 0 Å². The quantitative estimate of drug-likeness (QED) is 0.202. The number of hydrogen-bond acceptors (Lipinski definition) is 1. The van der Waals surface area contributed by atoms with Crippen molar-refractivity contribution in [3.63, 3.8) is 0 Å². The summed E-state index contributed by atoms with van der Waals surface area (Å²) in [4.78, 5) is 0. The third-order valence-corrected chi connectivity index (χ3v) is 33.5. The molecule has 19 heavy (non-hydrogen) atoms. The number of rotatable bonds is 14. The van der Waals surface area contributed by atoms with E-state index in [9.17, 15) is 0 Å². The van der Waals surface area contributed by atoms with Crippen LogP contribution in [0.15, 0.2) is 0 Å². The maximum absolute atomic E-state index is 6.87. The SMILES string of the molecule is CCC[CH2][Bi]([CH2]CCC)[O][Bi]([CH2]CCC)[CH2]CCC. The van der Waals surface area contributed by atoms with Crippen LogP contribution >= 0.6 is 0 Å². The molecular weight excluding hydrogens is 626 g/mol. The topological polar surface area (TPSA) is 9.23 Å². The van der Waals surface area contributed by atoms with Gasteiger partial charge >= 0.3 is 141 Å². The Morgan fingerprint density at radius 1 is 0.526 bits per heavy atom. The van der Waals surface area contributed by atoms with E-state index >= 15 is 0 Å². The number of hydrogen-bond donors (Lipinski definition) is 0. The molecule has 0 aromatic carbocycles. The molecule has 0 rings (SSSR count). The summed E-state index contributed by atoms with van der Waals surface area (Å²) in [6.45, 7) is 9.32. The summed E-state index contributed by atoms with van der Waals surface area (Å²) in [6, 6.07) is 0. The Hall–Kier alpha value is 1.73. The fraction of sp³-hybridized carbons (Fsp3) is 1.00. The zero-order valence-corrected chi connectivity index (χ0v) is 20.7. The first-order valence-electron chi connectivity index (χ1n) is 8.46. The van der Waals surface area contributed by atoms with Crippen LogP contribution in [0.25, 0.3) is 0 Å². The molecule has 0 aliphatic carbocycles. The molecule has 0 atom stereocenters. The van der Waals surface area contributed by atoms with Crippen LogP contribution in [0, 0.1) is 0 Å². The molecule has 0 aliphatic heterocycles. The molecule has 0 aromatic heterocycles. The van der Waals surface area contributed by atoms with Crippen molar-refractivity contribution >= 4 is 44.4 Å². The van der Waals surface area contributed by atoms with Crippen molar-refractivity contribution in [2.75, 3.05) is 0 Å². The summed E-state index contributed by atoms with van der Waals surface area (Å²) in [7, 11) is 0. The summed E-state index contributed by atoms with van der Waals surface area (Å²) < 4.78 is 13.0. The summed E-state index contributed by atoms with van der Waals surface area (Å²) in [5, 5.41) is 0. The second-order valence-electron chi connectivity index (χ2n) is 5.35. The Kier molecular flexibility index (Phi) is 17.6. The predicted molar refractivity (Wildman–Crippen MR) is 91.5 cm³/mol. The second-order valence-corrected chi connectivity index (χ2v) is 26.0. The Labute approximate surface area is 139 Å². The first-order chi connectivity index (χ1) is 9.28. The molecule has 0 aliphatic rings. The molecule has 0 saturated heterocycles. The van der Waals surface area contributed by atoms with Crippen LogP contribution in [0.3, 0.4) is 0 Å².